The lowest BCUT2D eigenvalue weighted by atomic mass is 9.98. The molecule has 0 saturated heterocycles. The third-order valence-corrected chi connectivity index (χ3v) is 8.20. The van der Waals surface area contributed by atoms with E-state index in [9.17, 15) is 0 Å². The van der Waals surface area contributed by atoms with Crippen LogP contribution < -0.4 is 0 Å². The summed E-state index contributed by atoms with van der Waals surface area (Å²) in [5, 5.41) is 4.77. The molecule has 0 aliphatic heterocycles. The highest BCUT2D eigenvalue weighted by Gasteiger charge is 2.15. The average Bonchev–Trinajstić information content (AvgIpc) is 3.52. The van der Waals surface area contributed by atoms with E-state index in [1.807, 2.05) is 12.1 Å². The van der Waals surface area contributed by atoms with E-state index in [-0.39, 0.29) is 0 Å². The second kappa shape index (κ2) is 8.72. The standard InChI is InChI=1S/C36H22BrNO/c37-27-15-12-23(13-16-27)24-6-5-7-25(20-24)26-14-18-30-29-8-1-3-10-33(29)38(34(30)21-26)28-17-19-32-31-9-2-4-11-35(31)39-36(32)22-28/h1-22H. The number of rotatable bonds is 3. The Kier molecular flexibility index (Phi) is 5.01. The van der Waals surface area contributed by atoms with E-state index in [2.05, 4.69) is 142 Å². The van der Waals surface area contributed by atoms with E-state index < -0.39 is 0 Å². The second-order valence-corrected chi connectivity index (χ2v) is 10.9. The van der Waals surface area contributed by atoms with Crippen molar-refractivity contribution < 1.29 is 4.42 Å². The quantitative estimate of drug-likeness (QED) is 0.209. The maximum atomic E-state index is 6.25. The Morgan fingerprint density at radius 1 is 0.436 bits per heavy atom. The number of para-hydroxylation sites is 2. The first kappa shape index (κ1) is 22.4. The van der Waals surface area contributed by atoms with Crippen LogP contribution in [-0.2, 0) is 0 Å². The Morgan fingerprint density at radius 3 is 1.95 bits per heavy atom. The van der Waals surface area contributed by atoms with Gasteiger partial charge in [-0.3, -0.25) is 0 Å². The summed E-state index contributed by atoms with van der Waals surface area (Å²) < 4.78 is 9.70. The number of nitrogens with zero attached hydrogens (tertiary/aromatic N) is 1. The first-order valence-corrected chi connectivity index (χ1v) is 13.8. The highest BCUT2D eigenvalue weighted by Crippen LogP contribution is 2.37. The molecule has 0 radical (unpaired) electrons. The zero-order valence-corrected chi connectivity index (χ0v) is 22.5. The highest BCUT2D eigenvalue weighted by molar-refractivity contribution is 9.10. The van der Waals surface area contributed by atoms with Crippen molar-refractivity contribution in [2.75, 3.05) is 0 Å². The molecule has 39 heavy (non-hydrogen) atoms. The van der Waals surface area contributed by atoms with Crippen LogP contribution in [0, 0.1) is 0 Å². The summed E-state index contributed by atoms with van der Waals surface area (Å²) in [6, 6.07) is 47.5. The largest absolute Gasteiger partial charge is 0.456 e. The van der Waals surface area contributed by atoms with Crippen LogP contribution >= 0.6 is 15.9 Å². The molecule has 0 bridgehead atoms. The second-order valence-electron chi connectivity index (χ2n) is 9.95. The van der Waals surface area contributed by atoms with Crippen molar-refractivity contribution in [3.63, 3.8) is 0 Å². The Hall–Kier alpha value is -4.60. The Balaban J connectivity index is 1.33. The number of hydrogen-bond donors (Lipinski definition) is 0. The predicted molar refractivity (Wildman–Crippen MR) is 167 cm³/mol. The molecule has 3 heteroatoms. The van der Waals surface area contributed by atoms with E-state index in [0.29, 0.717) is 0 Å². The number of hydrogen-bond acceptors (Lipinski definition) is 1. The van der Waals surface area contributed by atoms with Crippen molar-refractivity contribution in [2.45, 2.75) is 0 Å². The van der Waals surface area contributed by atoms with Crippen molar-refractivity contribution >= 4 is 59.7 Å². The number of furan rings is 1. The average molecular weight is 564 g/mol. The van der Waals surface area contributed by atoms with Gasteiger partial charge in [0.05, 0.1) is 11.0 Å². The molecule has 6 aromatic carbocycles. The van der Waals surface area contributed by atoms with E-state index in [4.69, 9.17) is 4.42 Å². The lowest BCUT2D eigenvalue weighted by Gasteiger charge is -2.10. The van der Waals surface area contributed by atoms with E-state index in [0.717, 1.165) is 32.1 Å². The molecule has 0 unspecified atom stereocenters. The van der Waals surface area contributed by atoms with Crippen LogP contribution in [0.4, 0.5) is 0 Å². The number of halogens is 1. The molecule has 2 aromatic heterocycles. The van der Waals surface area contributed by atoms with Gasteiger partial charge in [0.25, 0.3) is 0 Å². The van der Waals surface area contributed by atoms with E-state index >= 15 is 0 Å². The van der Waals surface area contributed by atoms with Crippen LogP contribution in [0.15, 0.2) is 142 Å². The summed E-state index contributed by atoms with van der Waals surface area (Å²) >= 11 is 3.55. The maximum absolute atomic E-state index is 6.25. The van der Waals surface area contributed by atoms with Gasteiger partial charge in [-0.15, -0.1) is 0 Å². The van der Waals surface area contributed by atoms with Gasteiger partial charge in [0.1, 0.15) is 11.2 Å². The molecule has 0 saturated carbocycles. The summed E-state index contributed by atoms with van der Waals surface area (Å²) in [6.45, 7) is 0. The molecule has 0 atom stereocenters. The Labute approximate surface area is 233 Å². The minimum absolute atomic E-state index is 0.901. The molecule has 0 aliphatic rings. The predicted octanol–water partition coefficient (Wildman–Crippen LogP) is 10.8. The molecular formula is C36H22BrNO. The molecule has 8 rings (SSSR count). The van der Waals surface area contributed by atoms with E-state index in [1.54, 1.807) is 0 Å². The van der Waals surface area contributed by atoms with Gasteiger partial charge in [-0.05, 0) is 70.8 Å². The lowest BCUT2D eigenvalue weighted by molar-refractivity contribution is 0.668. The molecule has 2 nitrogen and oxygen atoms in total. The molecule has 184 valence electrons. The van der Waals surface area contributed by atoms with Gasteiger partial charge in [-0.1, -0.05) is 94.8 Å². The van der Waals surface area contributed by atoms with Gasteiger partial charge in [-0.2, -0.15) is 0 Å². The van der Waals surface area contributed by atoms with Gasteiger partial charge in [0, 0.05) is 37.8 Å². The first-order chi connectivity index (χ1) is 19.2. The summed E-state index contributed by atoms with van der Waals surface area (Å²) in [5.41, 5.74) is 10.1. The van der Waals surface area contributed by atoms with Gasteiger partial charge >= 0.3 is 0 Å². The molecule has 0 N–H and O–H groups in total. The van der Waals surface area contributed by atoms with Crippen LogP contribution in [-0.4, -0.2) is 4.57 Å². The van der Waals surface area contributed by atoms with Gasteiger partial charge in [-0.25, -0.2) is 0 Å². The summed E-state index contributed by atoms with van der Waals surface area (Å²) in [7, 11) is 0. The molecule has 0 amide bonds. The topological polar surface area (TPSA) is 18.1 Å². The molecule has 0 spiro atoms. The fourth-order valence-electron chi connectivity index (χ4n) is 5.80. The SMILES string of the molecule is Brc1ccc(-c2cccc(-c3ccc4c5ccccc5n(-c5ccc6c(c5)oc5ccccc56)c4c3)c2)cc1. The summed E-state index contributed by atoms with van der Waals surface area (Å²) in [6.07, 6.45) is 0. The van der Waals surface area contributed by atoms with Crippen molar-refractivity contribution in [3.05, 3.63) is 138 Å². The van der Waals surface area contributed by atoms with Crippen LogP contribution in [0.5, 0.6) is 0 Å². The van der Waals surface area contributed by atoms with Crippen LogP contribution in [0.3, 0.4) is 0 Å². The van der Waals surface area contributed by atoms with Crippen LogP contribution in [0.2, 0.25) is 0 Å². The zero-order valence-electron chi connectivity index (χ0n) is 20.9. The third-order valence-electron chi connectivity index (χ3n) is 7.67. The molecular weight excluding hydrogens is 542 g/mol. The summed E-state index contributed by atoms with van der Waals surface area (Å²) in [5.74, 6) is 0. The van der Waals surface area contributed by atoms with Gasteiger partial charge in [0.15, 0.2) is 0 Å². The summed E-state index contributed by atoms with van der Waals surface area (Å²) in [4.78, 5) is 0. The van der Waals surface area contributed by atoms with Crippen molar-refractivity contribution in [3.8, 4) is 27.9 Å². The van der Waals surface area contributed by atoms with Crippen LogP contribution in [0.25, 0.3) is 71.7 Å². The van der Waals surface area contributed by atoms with Crippen molar-refractivity contribution in [1.29, 1.82) is 0 Å². The molecule has 0 fully saturated rings. The van der Waals surface area contributed by atoms with Gasteiger partial charge in [0.2, 0.25) is 0 Å². The minimum Gasteiger partial charge on any atom is -0.456 e. The molecule has 8 aromatic rings. The lowest BCUT2D eigenvalue weighted by Crippen LogP contribution is -1.93. The minimum atomic E-state index is 0.901. The smallest absolute Gasteiger partial charge is 0.137 e. The normalized spacial score (nSPS) is 11.7. The first-order valence-electron chi connectivity index (χ1n) is 13.0. The number of benzene rings is 6. The fourth-order valence-corrected chi connectivity index (χ4v) is 6.07. The maximum Gasteiger partial charge on any atom is 0.137 e. The third kappa shape index (κ3) is 3.62. The number of fused-ring (bicyclic) bond motifs is 6. The highest BCUT2D eigenvalue weighted by atomic mass is 79.9. The molecule has 0 aliphatic carbocycles. The number of aromatic nitrogens is 1. The van der Waals surface area contributed by atoms with E-state index in [1.165, 1.54) is 44.1 Å². The zero-order chi connectivity index (χ0) is 25.9. The van der Waals surface area contributed by atoms with Crippen LogP contribution in [0.1, 0.15) is 0 Å². The van der Waals surface area contributed by atoms with Crippen molar-refractivity contribution in [1.82, 2.24) is 4.57 Å². The van der Waals surface area contributed by atoms with Gasteiger partial charge < -0.3 is 8.98 Å². The molecule has 2 heterocycles. The van der Waals surface area contributed by atoms with Crippen molar-refractivity contribution in [2.24, 2.45) is 0 Å². The monoisotopic (exact) mass is 563 g/mol. The Bertz CT molecular complexity index is 2180. The Morgan fingerprint density at radius 2 is 1.08 bits per heavy atom. The fraction of sp³-hybridized carbons (Fsp3) is 0.